The summed E-state index contributed by atoms with van der Waals surface area (Å²) >= 11 is 2.25. The number of allylic oxidation sites excluding steroid dienone is 1. The van der Waals surface area contributed by atoms with E-state index in [2.05, 4.69) is 59.8 Å². The molecular weight excluding hydrogens is 509 g/mol. The fraction of sp³-hybridized carbons (Fsp3) is 0.107. The van der Waals surface area contributed by atoms with Gasteiger partial charge in [-0.05, 0) is 81.3 Å². The Morgan fingerprint density at radius 2 is 1.78 bits per heavy atom. The summed E-state index contributed by atoms with van der Waals surface area (Å²) in [4.78, 5) is 0. The van der Waals surface area contributed by atoms with Gasteiger partial charge in [0.2, 0.25) is 0 Å². The predicted octanol–water partition coefficient (Wildman–Crippen LogP) is 7.40. The number of halogens is 1. The number of methoxy groups -OCH3 is 1. The Kier molecular flexibility index (Phi) is 6.77. The molecule has 4 rings (SSSR count). The third kappa shape index (κ3) is 4.95. The molecule has 0 radical (unpaired) electrons. The molecule has 158 valence electrons. The highest BCUT2D eigenvalue weighted by atomic mass is 127. The number of fused-ring (bicyclic) bond motifs is 1. The molecular formula is C28H22INO2. The van der Waals surface area contributed by atoms with E-state index in [0.717, 1.165) is 31.0 Å². The van der Waals surface area contributed by atoms with Crippen LogP contribution >= 0.6 is 22.6 Å². The third-order valence-electron chi connectivity index (χ3n) is 5.21. The molecule has 0 N–H and O–H groups in total. The quantitative estimate of drug-likeness (QED) is 0.148. The second kappa shape index (κ2) is 9.88. The van der Waals surface area contributed by atoms with Crippen LogP contribution in [0.1, 0.15) is 22.3 Å². The maximum atomic E-state index is 9.82. The van der Waals surface area contributed by atoms with Gasteiger partial charge < -0.3 is 9.47 Å². The largest absolute Gasteiger partial charge is 0.493 e. The zero-order valence-corrected chi connectivity index (χ0v) is 20.1. The maximum Gasteiger partial charge on any atom is 0.174 e. The minimum Gasteiger partial charge on any atom is -0.493 e. The topological polar surface area (TPSA) is 42.2 Å². The van der Waals surface area contributed by atoms with Gasteiger partial charge in [-0.15, -0.1) is 0 Å². The highest BCUT2D eigenvalue weighted by molar-refractivity contribution is 14.1. The Bertz CT molecular complexity index is 1350. The molecule has 4 aromatic carbocycles. The SMILES string of the molecule is COc1cc(/C=C(/C#N)c2ccc3ccccc3c2)cc(I)c1OCc1cccc(C)c1. The molecule has 0 saturated heterocycles. The number of hydrogen-bond donors (Lipinski definition) is 0. The van der Waals surface area contributed by atoms with Gasteiger partial charge in [-0.1, -0.05) is 66.2 Å². The summed E-state index contributed by atoms with van der Waals surface area (Å²) in [5.74, 6) is 1.35. The van der Waals surface area contributed by atoms with Crippen LogP contribution in [0, 0.1) is 21.8 Å². The van der Waals surface area contributed by atoms with Gasteiger partial charge in [0, 0.05) is 0 Å². The summed E-state index contributed by atoms with van der Waals surface area (Å²) in [5, 5.41) is 12.1. The summed E-state index contributed by atoms with van der Waals surface area (Å²) in [5.41, 5.74) is 4.68. The zero-order chi connectivity index (χ0) is 22.5. The van der Waals surface area contributed by atoms with Crippen molar-refractivity contribution in [1.29, 1.82) is 5.26 Å². The van der Waals surface area contributed by atoms with Gasteiger partial charge in [-0.25, -0.2) is 0 Å². The highest BCUT2D eigenvalue weighted by Gasteiger charge is 2.12. The molecule has 0 aliphatic rings. The number of ether oxygens (including phenoxy) is 2. The molecule has 3 nitrogen and oxygen atoms in total. The van der Waals surface area contributed by atoms with Crippen LogP contribution in [-0.2, 0) is 6.61 Å². The molecule has 0 heterocycles. The molecule has 0 aliphatic heterocycles. The van der Waals surface area contributed by atoms with Gasteiger partial charge in [0.25, 0.3) is 0 Å². The number of rotatable bonds is 6. The number of aryl methyl sites for hydroxylation is 1. The molecule has 0 saturated carbocycles. The van der Waals surface area contributed by atoms with Crippen molar-refractivity contribution < 1.29 is 9.47 Å². The van der Waals surface area contributed by atoms with Crippen molar-refractivity contribution in [1.82, 2.24) is 0 Å². The van der Waals surface area contributed by atoms with Gasteiger partial charge in [0.05, 0.1) is 22.3 Å². The molecule has 32 heavy (non-hydrogen) atoms. The number of nitrogens with zero attached hydrogens (tertiary/aromatic N) is 1. The Morgan fingerprint density at radius 3 is 2.53 bits per heavy atom. The first-order valence-electron chi connectivity index (χ1n) is 10.2. The normalized spacial score (nSPS) is 11.2. The Balaban J connectivity index is 1.64. The molecule has 0 aliphatic carbocycles. The lowest BCUT2D eigenvalue weighted by Gasteiger charge is -2.14. The predicted molar refractivity (Wildman–Crippen MR) is 139 cm³/mol. The van der Waals surface area contributed by atoms with Crippen LogP contribution in [-0.4, -0.2) is 7.11 Å². The van der Waals surface area contributed by atoms with Gasteiger partial charge in [-0.3, -0.25) is 0 Å². The average molecular weight is 531 g/mol. The molecule has 4 aromatic rings. The minimum atomic E-state index is 0.462. The van der Waals surface area contributed by atoms with Crippen molar-refractivity contribution in [2.45, 2.75) is 13.5 Å². The summed E-state index contributed by atoms with van der Waals surface area (Å²) in [6.45, 7) is 2.53. The van der Waals surface area contributed by atoms with Crippen LogP contribution in [0.3, 0.4) is 0 Å². The number of benzene rings is 4. The van der Waals surface area contributed by atoms with E-state index in [1.54, 1.807) is 7.11 Å². The van der Waals surface area contributed by atoms with Crippen molar-refractivity contribution >= 4 is 45.0 Å². The molecule has 0 spiro atoms. The lowest BCUT2D eigenvalue weighted by molar-refractivity contribution is 0.282. The molecule has 0 fully saturated rings. The van der Waals surface area contributed by atoms with Crippen molar-refractivity contribution in [2.75, 3.05) is 7.11 Å². The van der Waals surface area contributed by atoms with E-state index < -0.39 is 0 Å². The fourth-order valence-corrected chi connectivity index (χ4v) is 4.41. The fourth-order valence-electron chi connectivity index (χ4n) is 3.62. The first kappa shape index (κ1) is 21.9. The van der Waals surface area contributed by atoms with Crippen LogP contribution in [0.25, 0.3) is 22.4 Å². The Hall–Kier alpha value is -3.30. The molecule has 0 atom stereocenters. The molecule has 4 heteroatoms. The van der Waals surface area contributed by atoms with Crippen molar-refractivity contribution in [3.63, 3.8) is 0 Å². The van der Waals surface area contributed by atoms with Gasteiger partial charge in [-0.2, -0.15) is 5.26 Å². The van der Waals surface area contributed by atoms with E-state index in [0.29, 0.717) is 23.7 Å². The zero-order valence-electron chi connectivity index (χ0n) is 17.9. The van der Waals surface area contributed by atoms with Crippen LogP contribution in [0.2, 0.25) is 0 Å². The summed E-state index contributed by atoms with van der Waals surface area (Å²) in [7, 11) is 1.63. The van der Waals surface area contributed by atoms with Gasteiger partial charge in [0.15, 0.2) is 11.5 Å². The van der Waals surface area contributed by atoms with Crippen LogP contribution < -0.4 is 9.47 Å². The maximum absolute atomic E-state index is 9.82. The average Bonchev–Trinajstić information content (AvgIpc) is 2.81. The van der Waals surface area contributed by atoms with Crippen LogP contribution in [0.5, 0.6) is 11.5 Å². The Morgan fingerprint density at radius 1 is 0.969 bits per heavy atom. The molecule has 0 unspecified atom stereocenters. The first-order chi connectivity index (χ1) is 15.6. The minimum absolute atomic E-state index is 0.462. The molecule has 0 bridgehead atoms. The lowest BCUT2D eigenvalue weighted by Crippen LogP contribution is -2.00. The Labute approximate surface area is 202 Å². The van der Waals surface area contributed by atoms with Crippen molar-refractivity contribution in [3.8, 4) is 17.6 Å². The van der Waals surface area contributed by atoms with Crippen LogP contribution in [0.4, 0.5) is 0 Å². The third-order valence-corrected chi connectivity index (χ3v) is 6.01. The monoisotopic (exact) mass is 531 g/mol. The van der Waals surface area contributed by atoms with Crippen molar-refractivity contribution in [3.05, 3.63) is 105 Å². The first-order valence-corrected chi connectivity index (χ1v) is 11.3. The lowest BCUT2D eigenvalue weighted by atomic mass is 10.00. The van der Waals surface area contributed by atoms with E-state index in [-0.39, 0.29) is 0 Å². The second-order valence-corrected chi connectivity index (χ2v) is 8.71. The van der Waals surface area contributed by atoms with E-state index in [4.69, 9.17) is 9.47 Å². The van der Waals surface area contributed by atoms with Gasteiger partial charge >= 0.3 is 0 Å². The van der Waals surface area contributed by atoms with E-state index in [1.165, 1.54) is 5.56 Å². The van der Waals surface area contributed by atoms with E-state index in [9.17, 15) is 5.26 Å². The van der Waals surface area contributed by atoms with Gasteiger partial charge in [0.1, 0.15) is 6.61 Å². The summed E-state index contributed by atoms with van der Waals surface area (Å²) in [6.07, 6.45) is 1.89. The standard InChI is InChI=1S/C28H22INO2/c1-19-6-5-7-20(12-19)18-32-28-26(29)14-21(15-27(28)31-2)13-25(17-30)24-11-10-22-8-3-4-9-23(22)16-24/h3-16H,18H2,1-2H3/b25-13-. The summed E-state index contributed by atoms with van der Waals surface area (Å²) < 4.78 is 12.6. The molecule has 0 amide bonds. The van der Waals surface area contributed by atoms with Crippen LogP contribution in [0.15, 0.2) is 78.9 Å². The smallest absolute Gasteiger partial charge is 0.174 e. The molecule has 0 aromatic heterocycles. The second-order valence-electron chi connectivity index (χ2n) is 7.54. The number of hydrogen-bond acceptors (Lipinski definition) is 3. The summed E-state index contributed by atoms with van der Waals surface area (Å²) in [6, 6.07) is 28.7. The van der Waals surface area contributed by atoms with E-state index >= 15 is 0 Å². The van der Waals surface area contributed by atoms with E-state index in [1.807, 2.05) is 60.7 Å². The highest BCUT2D eigenvalue weighted by Crippen LogP contribution is 2.36. The van der Waals surface area contributed by atoms with Crippen molar-refractivity contribution in [2.24, 2.45) is 0 Å². The number of nitriles is 1.